The van der Waals surface area contributed by atoms with E-state index in [4.69, 9.17) is 11.6 Å². The van der Waals surface area contributed by atoms with Crippen LogP contribution < -0.4 is 4.90 Å². The zero-order valence-corrected chi connectivity index (χ0v) is 15.5. The van der Waals surface area contributed by atoms with Crippen LogP contribution in [0.15, 0.2) is 16.7 Å². The van der Waals surface area contributed by atoms with Gasteiger partial charge >= 0.3 is 0 Å². The second-order valence-electron chi connectivity index (χ2n) is 5.66. The molecule has 3 heterocycles. The summed E-state index contributed by atoms with van der Waals surface area (Å²) in [5.74, 6) is 3.59. The highest BCUT2D eigenvalue weighted by Gasteiger charge is 2.30. The molecule has 3 rings (SSSR count). The second kappa shape index (κ2) is 7.41. The Labute approximate surface area is 148 Å². The van der Waals surface area contributed by atoms with Crippen molar-refractivity contribution in [3.63, 3.8) is 0 Å². The molecule has 2 aliphatic heterocycles. The number of nitrogens with zero attached hydrogens (tertiary/aromatic N) is 3. The van der Waals surface area contributed by atoms with Crippen molar-refractivity contribution >= 4 is 51.0 Å². The van der Waals surface area contributed by atoms with E-state index in [2.05, 4.69) is 25.8 Å². The van der Waals surface area contributed by atoms with Gasteiger partial charge in [-0.3, -0.25) is 4.79 Å². The third-order valence-corrected chi connectivity index (χ3v) is 5.99. The van der Waals surface area contributed by atoms with Crippen molar-refractivity contribution in [1.82, 2.24) is 9.88 Å². The molecule has 120 valence electrons. The van der Waals surface area contributed by atoms with Crippen molar-refractivity contribution in [2.75, 3.05) is 42.6 Å². The highest BCUT2D eigenvalue weighted by atomic mass is 79.9. The van der Waals surface area contributed by atoms with Crippen molar-refractivity contribution in [1.29, 1.82) is 0 Å². The van der Waals surface area contributed by atoms with E-state index in [1.165, 1.54) is 0 Å². The fourth-order valence-corrected chi connectivity index (χ4v) is 4.81. The van der Waals surface area contributed by atoms with Crippen LogP contribution in [0.25, 0.3) is 0 Å². The molecule has 7 heteroatoms. The van der Waals surface area contributed by atoms with Crippen molar-refractivity contribution < 1.29 is 4.79 Å². The minimum atomic E-state index is 0.172. The monoisotopic (exact) mass is 403 g/mol. The molecule has 0 aromatic carbocycles. The molecule has 2 saturated heterocycles. The molecular formula is C15H19BrClN3OS. The number of piperidine rings is 1. The SMILES string of the molecule is O=C(C1CCN(c2ncc(Cl)cc2Br)CC1)N1CCSCC1. The summed E-state index contributed by atoms with van der Waals surface area (Å²) >= 11 is 11.4. The Balaban J connectivity index is 1.59. The number of rotatable bonds is 2. The van der Waals surface area contributed by atoms with Crippen LogP contribution >= 0.6 is 39.3 Å². The van der Waals surface area contributed by atoms with Gasteiger partial charge in [-0.2, -0.15) is 11.8 Å². The van der Waals surface area contributed by atoms with Gasteiger partial charge < -0.3 is 9.80 Å². The van der Waals surface area contributed by atoms with Crippen LogP contribution in [-0.2, 0) is 4.79 Å². The molecule has 0 saturated carbocycles. The third kappa shape index (κ3) is 3.71. The molecule has 22 heavy (non-hydrogen) atoms. The average molecular weight is 405 g/mol. The van der Waals surface area contributed by atoms with Gasteiger partial charge in [0.2, 0.25) is 5.91 Å². The number of amides is 1. The number of thioether (sulfide) groups is 1. The van der Waals surface area contributed by atoms with Crippen LogP contribution in [0.3, 0.4) is 0 Å². The molecule has 1 aromatic rings. The lowest BCUT2D eigenvalue weighted by Gasteiger charge is -2.36. The molecule has 1 aromatic heterocycles. The molecule has 4 nitrogen and oxygen atoms in total. The number of carbonyl (C=O) groups is 1. The standard InChI is InChI=1S/C15H19BrClN3OS/c16-13-9-12(17)10-18-14(13)19-3-1-11(2-4-19)15(21)20-5-7-22-8-6-20/h9-11H,1-8H2. The van der Waals surface area contributed by atoms with Crippen molar-refractivity contribution in [3.05, 3.63) is 21.8 Å². The van der Waals surface area contributed by atoms with E-state index >= 15 is 0 Å². The normalized spacial score (nSPS) is 20.3. The van der Waals surface area contributed by atoms with Crippen molar-refractivity contribution in [3.8, 4) is 0 Å². The first-order valence-corrected chi connectivity index (χ1v) is 9.90. The van der Waals surface area contributed by atoms with Gasteiger partial charge in [-0.15, -0.1) is 0 Å². The van der Waals surface area contributed by atoms with Crippen molar-refractivity contribution in [2.45, 2.75) is 12.8 Å². The molecule has 0 bridgehead atoms. The van der Waals surface area contributed by atoms with Gasteiger partial charge in [0.25, 0.3) is 0 Å². The molecule has 0 radical (unpaired) electrons. The largest absolute Gasteiger partial charge is 0.356 e. The Morgan fingerprint density at radius 2 is 1.95 bits per heavy atom. The lowest BCUT2D eigenvalue weighted by atomic mass is 9.95. The van der Waals surface area contributed by atoms with E-state index in [1.807, 2.05) is 22.7 Å². The van der Waals surface area contributed by atoms with Crippen LogP contribution in [0.2, 0.25) is 5.02 Å². The van der Waals surface area contributed by atoms with Crippen LogP contribution in [-0.4, -0.2) is 53.5 Å². The highest BCUT2D eigenvalue weighted by Crippen LogP contribution is 2.30. The number of halogens is 2. The summed E-state index contributed by atoms with van der Waals surface area (Å²) in [4.78, 5) is 21.3. The van der Waals surface area contributed by atoms with Crippen LogP contribution in [0, 0.1) is 5.92 Å². The number of hydrogen-bond acceptors (Lipinski definition) is 4. The predicted molar refractivity (Wildman–Crippen MR) is 95.8 cm³/mol. The first kappa shape index (κ1) is 16.4. The van der Waals surface area contributed by atoms with Crippen molar-refractivity contribution in [2.24, 2.45) is 5.92 Å². The maximum absolute atomic E-state index is 12.6. The van der Waals surface area contributed by atoms with E-state index in [0.29, 0.717) is 10.9 Å². The number of carbonyl (C=O) groups excluding carboxylic acids is 1. The summed E-state index contributed by atoms with van der Waals surface area (Å²) in [5.41, 5.74) is 0. The van der Waals surface area contributed by atoms with Crippen LogP contribution in [0.1, 0.15) is 12.8 Å². The van der Waals surface area contributed by atoms with Gasteiger partial charge in [-0.25, -0.2) is 4.98 Å². The fourth-order valence-electron chi connectivity index (χ4n) is 3.02. The molecule has 1 amide bonds. The predicted octanol–water partition coefficient (Wildman–Crippen LogP) is 3.29. The lowest BCUT2D eigenvalue weighted by molar-refractivity contribution is -0.135. The Hall–Kier alpha value is -0.460. The Bertz CT molecular complexity index is 546. The van der Waals surface area contributed by atoms with Crippen LogP contribution in [0.5, 0.6) is 0 Å². The second-order valence-corrected chi connectivity index (χ2v) is 8.17. The van der Waals surface area contributed by atoms with E-state index in [9.17, 15) is 4.79 Å². The molecule has 0 aliphatic carbocycles. The summed E-state index contributed by atoms with van der Waals surface area (Å²) in [5, 5.41) is 0.628. The summed E-state index contributed by atoms with van der Waals surface area (Å²) < 4.78 is 0.915. The summed E-state index contributed by atoms with van der Waals surface area (Å²) in [7, 11) is 0. The molecule has 2 fully saturated rings. The third-order valence-electron chi connectivity index (χ3n) is 4.25. The zero-order chi connectivity index (χ0) is 15.5. The van der Waals surface area contributed by atoms with Crippen LogP contribution in [0.4, 0.5) is 5.82 Å². The Kier molecular flexibility index (Phi) is 5.52. The molecule has 0 N–H and O–H groups in total. The average Bonchev–Trinajstić information content (AvgIpc) is 2.55. The maximum atomic E-state index is 12.6. The first-order valence-electron chi connectivity index (χ1n) is 7.57. The quantitative estimate of drug-likeness (QED) is 0.758. The molecule has 2 aliphatic rings. The molecule has 0 unspecified atom stereocenters. The lowest BCUT2D eigenvalue weighted by Crippen LogP contribution is -2.45. The molecular weight excluding hydrogens is 386 g/mol. The topological polar surface area (TPSA) is 36.4 Å². The van der Waals surface area contributed by atoms with E-state index in [-0.39, 0.29) is 5.92 Å². The number of anilines is 1. The van der Waals surface area contributed by atoms with Gasteiger partial charge in [-0.1, -0.05) is 11.6 Å². The Morgan fingerprint density at radius 1 is 1.27 bits per heavy atom. The number of aromatic nitrogens is 1. The molecule has 0 atom stereocenters. The smallest absolute Gasteiger partial charge is 0.225 e. The summed E-state index contributed by atoms with van der Waals surface area (Å²) in [6.45, 7) is 3.56. The van der Waals surface area contributed by atoms with Gasteiger partial charge in [0.1, 0.15) is 5.82 Å². The van der Waals surface area contributed by atoms with E-state index < -0.39 is 0 Å². The molecule has 0 spiro atoms. The zero-order valence-electron chi connectivity index (χ0n) is 12.3. The highest BCUT2D eigenvalue weighted by molar-refractivity contribution is 9.10. The van der Waals surface area contributed by atoms with E-state index in [1.54, 1.807) is 6.20 Å². The minimum Gasteiger partial charge on any atom is -0.356 e. The van der Waals surface area contributed by atoms with Gasteiger partial charge in [-0.05, 0) is 34.8 Å². The maximum Gasteiger partial charge on any atom is 0.225 e. The minimum absolute atomic E-state index is 0.172. The fraction of sp³-hybridized carbons (Fsp3) is 0.600. The Morgan fingerprint density at radius 3 is 2.59 bits per heavy atom. The number of hydrogen-bond donors (Lipinski definition) is 0. The number of pyridine rings is 1. The van der Waals surface area contributed by atoms with Gasteiger partial charge in [0.15, 0.2) is 0 Å². The van der Waals surface area contributed by atoms with E-state index in [0.717, 1.165) is 60.8 Å². The summed E-state index contributed by atoms with van der Waals surface area (Å²) in [6, 6.07) is 1.87. The van der Waals surface area contributed by atoms with Gasteiger partial charge in [0.05, 0.1) is 9.50 Å². The summed E-state index contributed by atoms with van der Waals surface area (Å²) in [6.07, 6.45) is 3.47. The van der Waals surface area contributed by atoms with Gasteiger partial charge in [0, 0.05) is 49.8 Å². The first-order chi connectivity index (χ1) is 10.6.